The first kappa shape index (κ1) is 23.2. The molecule has 1 heterocycles. The molecule has 0 saturated carbocycles. The minimum Gasteiger partial charge on any atom is -0.494 e. The summed E-state index contributed by atoms with van der Waals surface area (Å²) in [7, 11) is 0. The summed E-state index contributed by atoms with van der Waals surface area (Å²) in [6.45, 7) is 9.72. The molecule has 1 N–H and O–H groups in total. The van der Waals surface area contributed by atoms with E-state index >= 15 is 0 Å². The van der Waals surface area contributed by atoms with E-state index in [2.05, 4.69) is 18.8 Å². The number of carbonyl (C=O) groups excluding carboxylic acids is 3. The second kappa shape index (κ2) is 10.6. The van der Waals surface area contributed by atoms with E-state index in [-0.39, 0.29) is 12.3 Å². The van der Waals surface area contributed by atoms with Crippen molar-refractivity contribution >= 4 is 17.7 Å². The summed E-state index contributed by atoms with van der Waals surface area (Å²) in [5.41, 5.74) is 1.91. The Hall–Kier alpha value is -3.09. The number of hydrogen-bond donors (Lipinski definition) is 1. The van der Waals surface area contributed by atoms with Crippen LogP contribution in [0.1, 0.15) is 69.7 Å². The minimum atomic E-state index is -0.608. The van der Waals surface area contributed by atoms with Gasteiger partial charge in [-0.3, -0.25) is 4.79 Å². The number of Topliss-reactive ketones (excluding diaryl/α,β-unsaturated/α-hetero) is 1. The summed E-state index contributed by atoms with van der Waals surface area (Å²) in [5, 5.41) is 0. The molecule has 0 aliphatic heterocycles. The molecule has 0 unspecified atom stereocenters. The number of aromatic amines is 1. The van der Waals surface area contributed by atoms with E-state index in [0.717, 1.165) is 6.42 Å². The zero-order chi connectivity index (χ0) is 22.3. The fourth-order valence-electron chi connectivity index (χ4n) is 2.92. The molecule has 2 aromatic rings. The lowest BCUT2D eigenvalue weighted by Gasteiger charge is -2.09. The van der Waals surface area contributed by atoms with E-state index in [4.69, 9.17) is 14.2 Å². The molecule has 0 aliphatic carbocycles. The van der Waals surface area contributed by atoms with Gasteiger partial charge in [0.2, 0.25) is 5.78 Å². The quantitative estimate of drug-likeness (QED) is 0.460. The fraction of sp³-hybridized carbons (Fsp3) is 0.435. The van der Waals surface area contributed by atoms with Gasteiger partial charge in [-0.25, -0.2) is 9.59 Å². The number of nitrogens with one attached hydrogen (secondary N) is 1. The monoisotopic (exact) mass is 415 g/mol. The number of ether oxygens (including phenoxy) is 3. The molecule has 0 saturated heterocycles. The summed E-state index contributed by atoms with van der Waals surface area (Å²) >= 11 is 0. The van der Waals surface area contributed by atoms with Crippen molar-refractivity contribution in [2.45, 2.75) is 41.0 Å². The van der Waals surface area contributed by atoms with Crippen molar-refractivity contribution in [2.75, 3.05) is 19.8 Å². The van der Waals surface area contributed by atoms with Crippen LogP contribution >= 0.6 is 0 Å². The van der Waals surface area contributed by atoms with Gasteiger partial charge in [-0.2, -0.15) is 0 Å². The molecule has 0 spiro atoms. The first-order chi connectivity index (χ1) is 14.2. The third kappa shape index (κ3) is 5.95. The molecular weight excluding hydrogens is 386 g/mol. The average molecular weight is 415 g/mol. The maximum atomic E-state index is 12.5. The van der Waals surface area contributed by atoms with E-state index in [1.807, 2.05) is 0 Å². The van der Waals surface area contributed by atoms with Crippen LogP contribution in [0.5, 0.6) is 5.75 Å². The Kier molecular flexibility index (Phi) is 8.21. The SMILES string of the molecule is CCOC(=O)c1c(C)[nH]c(C(=O)COC(=O)c2ccc(OCCC(C)C)cc2)c1C. The molecule has 30 heavy (non-hydrogen) atoms. The molecule has 0 bridgehead atoms. The van der Waals surface area contributed by atoms with Gasteiger partial charge in [0.15, 0.2) is 6.61 Å². The lowest BCUT2D eigenvalue weighted by Crippen LogP contribution is -2.15. The first-order valence-electron chi connectivity index (χ1n) is 10.0. The van der Waals surface area contributed by atoms with Crippen LogP contribution in [0.2, 0.25) is 0 Å². The molecular formula is C23H29NO6. The molecule has 1 aromatic carbocycles. The largest absolute Gasteiger partial charge is 0.494 e. The van der Waals surface area contributed by atoms with Crippen LogP contribution in [0.4, 0.5) is 0 Å². The van der Waals surface area contributed by atoms with E-state index in [0.29, 0.717) is 40.7 Å². The Labute approximate surface area is 176 Å². The molecule has 7 heteroatoms. The number of aromatic nitrogens is 1. The molecule has 162 valence electrons. The molecule has 1 aromatic heterocycles. The van der Waals surface area contributed by atoms with Crippen molar-refractivity contribution in [1.82, 2.24) is 4.98 Å². The standard InChI is InChI=1S/C23H29NO6/c1-6-28-23(27)20-15(4)21(24-16(20)5)19(25)13-30-22(26)17-7-9-18(10-8-17)29-12-11-14(2)3/h7-10,14,24H,6,11-13H2,1-5H3. The Morgan fingerprint density at radius 1 is 1.00 bits per heavy atom. The predicted octanol–water partition coefficient (Wildman–Crippen LogP) is 4.27. The van der Waals surface area contributed by atoms with Gasteiger partial charge in [-0.05, 0) is 62.9 Å². The predicted molar refractivity (Wildman–Crippen MR) is 112 cm³/mol. The number of rotatable bonds is 10. The Morgan fingerprint density at radius 3 is 2.27 bits per heavy atom. The van der Waals surface area contributed by atoms with Crippen molar-refractivity contribution < 1.29 is 28.6 Å². The number of ketones is 1. The zero-order valence-electron chi connectivity index (χ0n) is 18.2. The number of esters is 2. The van der Waals surface area contributed by atoms with E-state index in [9.17, 15) is 14.4 Å². The summed E-state index contributed by atoms with van der Waals surface area (Å²) in [4.78, 5) is 39.7. The fourth-order valence-corrected chi connectivity index (χ4v) is 2.92. The molecule has 0 atom stereocenters. The van der Waals surface area contributed by atoms with Crippen LogP contribution in [0, 0.1) is 19.8 Å². The lowest BCUT2D eigenvalue weighted by atomic mass is 10.1. The topological polar surface area (TPSA) is 94.7 Å². The molecule has 7 nitrogen and oxygen atoms in total. The van der Waals surface area contributed by atoms with E-state index < -0.39 is 24.3 Å². The molecule has 0 radical (unpaired) electrons. The Bertz CT molecular complexity index is 895. The van der Waals surface area contributed by atoms with Crippen LogP contribution in [0.3, 0.4) is 0 Å². The molecule has 0 amide bonds. The number of benzene rings is 1. The van der Waals surface area contributed by atoms with Gasteiger partial charge in [-0.15, -0.1) is 0 Å². The number of aryl methyl sites for hydroxylation is 1. The van der Waals surface area contributed by atoms with Crippen LogP contribution in [0.15, 0.2) is 24.3 Å². The molecule has 2 rings (SSSR count). The summed E-state index contributed by atoms with van der Waals surface area (Å²) in [6, 6.07) is 6.59. The third-order valence-corrected chi connectivity index (χ3v) is 4.58. The maximum absolute atomic E-state index is 12.5. The normalized spacial score (nSPS) is 10.7. The second-order valence-corrected chi connectivity index (χ2v) is 7.40. The summed E-state index contributed by atoms with van der Waals surface area (Å²) in [5.74, 6) is -0.295. The zero-order valence-corrected chi connectivity index (χ0v) is 18.2. The van der Waals surface area contributed by atoms with Crippen molar-refractivity contribution in [1.29, 1.82) is 0 Å². The Balaban J connectivity index is 1.95. The molecule has 0 fully saturated rings. The number of carbonyl (C=O) groups is 3. The summed E-state index contributed by atoms with van der Waals surface area (Å²) in [6.07, 6.45) is 0.946. The van der Waals surface area contributed by atoms with Gasteiger partial charge >= 0.3 is 11.9 Å². The number of H-pyrrole nitrogens is 1. The van der Waals surface area contributed by atoms with Crippen molar-refractivity contribution in [2.24, 2.45) is 5.92 Å². The highest BCUT2D eigenvalue weighted by atomic mass is 16.5. The third-order valence-electron chi connectivity index (χ3n) is 4.58. The smallest absolute Gasteiger partial charge is 0.340 e. The Morgan fingerprint density at radius 2 is 1.67 bits per heavy atom. The van der Waals surface area contributed by atoms with Crippen LogP contribution in [-0.2, 0) is 9.47 Å². The van der Waals surface area contributed by atoms with Gasteiger partial charge < -0.3 is 19.2 Å². The highest BCUT2D eigenvalue weighted by Gasteiger charge is 2.23. The van der Waals surface area contributed by atoms with Crippen molar-refractivity contribution in [3.05, 3.63) is 52.3 Å². The van der Waals surface area contributed by atoms with Gasteiger partial charge in [0.1, 0.15) is 5.75 Å². The lowest BCUT2D eigenvalue weighted by molar-refractivity contribution is 0.0472. The highest BCUT2D eigenvalue weighted by Crippen LogP contribution is 2.20. The second-order valence-electron chi connectivity index (χ2n) is 7.40. The van der Waals surface area contributed by atoms with Gasteiger partial charge in [0.05, 0.1) is 30.0 Å². The highest BCUT2D eigenvalue weighted by molar-refractivity contribution is 6.03. The van der Waals surface area contributed by atoms with Crippen LogP contribution in [-0.4, -0.2) is 42.5 Å². The van der Waals surface area contributed by atoms with Crippen molar-refractivity contribution in [3.63, 3.8) is 0 Å². The number of hydrogen-bond acceptors (Lipinski definition) is 6. The summed E-state index contributed by atoms with van der Waals surface area (Å²) < 4.78 is 15.8. The van der Waals surface area contributed by atoms with E-state index in [1.165, 1.54) is 0 Å². The van der Waals surface area contributed by atoms with Crippen LogP contribution in [0.25, 0.3) is 0 Å². The molecule has 0 aliphatic rings. The van der Waals surface area contributed by atoms with Gasteiger partial charge in [0.25, 0.3) is 0 Å². The van der Waals surface area contributed by atoms with Gasteiger partial charge in [-0.1, -0.05) is 13.8 Å². The van der Waals surface area contributed by atoms with Crippen LogP contribution < -0.4 is 4.74 Å². The minimum absolute atomic E-state index is 0.234. The van der Waals surface area contributed by atoms with E-state index in [1.54, 1.807) is 45.0 Å². The first-order valence-corrected chi connectivity index (χ1v) is 10.0. The van der Waals surface area contributed by atoms with Crippen molar-refractivity contribution in [3.8, 4) is 5.75 Å². The maximum Gasteiger partial charge on any atom is 0.340 e. The van der Waals surface area contributed by atoms with Gasteiger partial charge in [0, 0.05) is 5.69 Å². The average Bonchev–Trinajstić information content (AvgIpc) is 3.00.